The van der Waals surface area contributed by atoms with Crippen LogP contribution in [0.15, 0.2) is 66.9 Å². The predicted octanol–water partition coefficient (Wildman–Crippen LogP) is 9.13. The minimum absolute atomic E-state index is 0.1000. The van der Waals surface area contributed by atoms with E-state index in [4.69, 9.17) is 11.6 Å². The Hall–Kier alpha value is -2.78. The van der Waals surface area contributed by atoms with Crippen molar-refractivity contribution in [3.8, 4) is 11.3 Å². The van der Waals surface area contributed by atoms with E-state index < -0.39 is 5.82 Å². The van der Waals surface area contributed by atoms with Gasteiger partial charge in [-0.05, 0) is 72.0 Å². The molecule has 0 aliphatic heterocycles. The van der Waals surface area contributed by atoms with Crippen LogP contribution >= 0.6 is 11.6 Å². The van der Waals surface area contributed by atoms with E-state index in [-0.39, 0.29) is 10.8 Å². The third-order valence-corrected chi connectivity index (χ3v) is 6.70. The van der Waals surface area contributed by atoms with Crippen LogP contribution in [0.1, 0.15) is 55.7 Å². The van der Waals surface area contributed by atoms with Crippen LogP contribution in [0.4, 0.5) is 8.78 Å². The molecule has 1 heterocycles. The molecule has 34 heavy (non-hydrogen) atoms. The summed E-state index contributed by atoms with van der Waals surface area (Å²) in [6.45, 7) is 2.23. The van der Waals surface area contributed by atoms with Gasteiger partial charge in [-0.3, -0.25) is 4.98 Å². The second-order valence-corrected chi connectivity index (χ2v) is 9.35. The lowest BCUT2D eigenvalue weighted by Gasteiger charge is -2.09. The van der Waals surface area contributed by atoms with E-state index in [0.29, 0.717) is 23.8 Å². The highest BCUT2D eigenvalue weighted by molar-refractivity contribution is 6.30. The summed E-state index contributed by atoms with van der Waals surface area (Å²) >= 11 is 5.75. The molecule has 4 aromatic rings. The van der Waals surface area contributed by atoms with Crippen molar-refractivity contribution in [2.24, 2.45) is 0 Å². The van der Waals surface area contributed by atoms with Crippen LogP contribution in [0, 0.1) is 11.6 Å². The van der Waals surface area contributed by atoms with Gasteiger partial charge in [-0.2, -0.15) is 0 Å². The number of nitrogens with zero attached hydrogens (tertiary/aromatic N) is 1. The molecule has 0 aliphatic carbocycles. The normalized spacial score (nSPS) is 11.3. The molecule has 0 aliphatic rings. The minimum Gasteiger partial charge on any atom is -0.256 e. The first-order valence-corrected chi connectivity index (χ1v) is 12.5. The Bertz CT molecular complexity index is 1250. The van der Waals surface area contributed by atoms with Gasteiger partial charge in [-0.15, -0.1) is 0 Å². The molecule has 0 N–H and O–H groups in total. The fourth-order valence-electron chi connectivity index (χ4n) is 4.34. The number of hydrogen-bond acceptors (Lipinski definition) is 1. The van der Waals surface area contributed by atoms with Crippen LogP contribution < -0.4 is 0 Å². The highest BCUT2D eigenvalue weighted by Crippen LogP contribution is 2.28. The van der Waals surface area contributed by atoms with Crippen molar-refractivity contribution in [2.45, 2.75) is 58.3 Å². The van der Waals surface area contributed by atoms with E-state index in [1.807, 2.05) is 36.5 Å². The van der Waals surface area contributed by atoms with Crippen LogP contribution in [-0.4, -0.2) is 4.98 Å². The maximum absolute atomic E-state index is 15.2. The quantitative estimate of drug-likeness (QED) is 0.207. The Balaban J connectivity index is 1.44. The molecule has 0 fully saturated rings. The third-order valence-electron chi connectivity index (χ3n) is 6.39. The van der Waals surface area contributed by atoms with Gasteiger partial charge in [-0.1, -0.05) is 80.6 Å². The van der Waals surface area contributed by atoms with E-state index in [1.54, 1.807) is 12.1 Å². The molecule has 0 bridgehead atoms. The maximum Gasteiger partial charge on any atom is 0.142 e. The van der Waals surface area contributed by atoms with Crippen molar-refractivity contribution in [1.29, 1.82) is 0 Å². The number of aryl methyl sites for hydroxylation is 3. The van der Waals surface area contributed by atoms with E-state index in [0.717, 1.165) is 28.6 Å². The van der Waals surface area contributed by atoms with E-state index in [1.165, 1.54) is 43.7 Å². The van der Waals surface area contributed by atoms with Crippen LogP contribution in [0.2, 0.25) is 5.02 Å². The third kappa shape index (κ3) is 6.01. The molecular formula is C30H30ClF2N. The Labute approximate surface area is 205 Å². The summed E-state index contributed by atoms with van der Waals surface area (Å²) in [6, 6.07) is 18.5. The highest BCUT2D eigenvalue weighted by atomic mass is 35.5. The first-order chi connectivity index (χ1) is 16.5. The number of pyridine rings is 1. The Morgan fingerprint density at radius 2 is 1.59 bits per heavy atom. The van der Waals surface area contributed by atoms with Gasteiger partial charge in [0, 0.05) is 17.1 Å². The number of hydrogen-bond donors (Lipinski definition) is 0. The number of rotatable bonds is 10. The molecule has 4 heteroatoms. The summed E-state index contributed by atoms with van der Waals surface area (Å²) in [5.74, 6) is -0.663. The fraction of sp³-hybridized carbons (Fsp3) is 0.300. The summed E-state index contributed by atoms with van der Waals surface area (Å²) in [6.07, 6.45) is 10.4. The molecule has 0 amide bonds. The van der Waals surface area contributed by atoms with E-state index >= 15 is 4.39 Å². The SMILES string of the molecule is CCCCCCCc1ccc(-c2ccc3c(F)c(CCc4ccc(Cl)c(F)c4)ccc3c2)nc1. The van der Waals surface area contributed by atoms with Gasteiger partial charge in [0.2, 0.25) is 0 Å². The molecule has 1 nitrogen and oxygen atoms in total. The lowest BCUT2D eigenvalue weighted by molar-refractivity contribution is 0.617. The van der Waals surface area contributed by atoms with Gasteiger partial charge in [0.05, 0.1) is 10.7 Å². The van der Waals surface area contributed by atoms with Crippen LogP contribution in [0.5, 0.6) is 0 Å². The summed E-state index contributed by atoms with van der Waals surface area (Å²) in [4.78, 5) is 4.65. The number of aromatic nitrogens is 1. The lowest BCUT2D eigenvalue weighted by Crippen LogP contribution is -1.97. The molecule has 176 valence electrons. The zero-order valence-corrected chi connectivity index (χ0v) is 20.3. The zero-order chi connectivity index (χ0) is 23.9. The maximum atomic E-state index is 15.2. The summed E-state index contributed by atoms with van der Waals surface area (Å²) in [5, 5.41) is 1.54. The molecule has 0 radical (unpaired) electrons. The average Bonchev–Trinajstić information content (AvgIpc) is 2.86. The highest BCUT2D eigenvalue weighted by Gasteiger charge is 2.10. The van der Waals surface area contributed by atoms with Gasteiger partial charge >= 0.3 is 0 Å². The molecule has 0 unspecified atom stereocenters. The summed E-state index contributed by atoms with van der Waals surface area (Å²) < 4.78 is 28.9. The lowest BCUT2D eigenvalue weighted by atomic mass is 9.98. The van der Waals surface area contributed by atoms with Crippen molar-refractivity contribution >= 4 is 22.4 Å². The molecule has 4 rings (SSSR count). The first kappa shape index (κ1) is 24.3. The molecule has 0 spiro atoms. The topological polar surface area (TPSA) is 12.9 Å². The largest absolute Gasteiger partial charge is 0.256 e. The standard InChI is InChI=1S/C30H30ClF2N/c1-2-3-4-5-6-7-22-10-17-29(34-20-22)25-14-15-26-24(19-25)13-12-23(30(26)33)11-8-21-9-16-27(31)28(32)18-21/h9-10,12-20H,2-8,11H2,1H3. The van der Waals surface area contributed by atoms with Crippen LogP contribution in [-0.2, 0) is 19.3 Å². The second kappa shape index (κ2) is 11.6. The fourth-order valence-corrected chi connectivity index (χ4v) is 4.46. The molecule has 0 saturated heterocycles. The smallest absolute Gasteiger partial charge is 0.142 e. The van der Waals surface area contributed by atoms with E-state index in [9.17, 15) is 4.39 Å². The van der Waals surface area contributed by atoms with Gasteiger partial charge in [0.15, 0.2) is 0 Å². The molecule has 1 aromatic heterocycles. The van der Waals surface area contributed by atoms with Crippen molar-refractivity contribution < 1.29 is 8.78 Å². The molecule has 3 aromatic carbocycles. The minimum atomic E-state index is -0.445. The van der Waals surface area contributed by atoms with Gasteiger partial charge in [0.1, 0.15) is 11.6 Å². The van der Waals surface area contributed by atoms with Gasteiger partial charge in [-0.25, -0.2) is 8.78 Å². The molecular weight excluding hydrogens is 448 g/mol. The van der Waals surface area contributed by atoms with Crippen molar-refractivity contribution in [2.75, 3.05) is 0 Å². The second-order valence-electron chi connectivity index (χ2n) is 8.94. The Morgan fingerprint density at radius 3 is 2.35 bits per heavy atom. The number of fused-ring (bicyclic) bond motifs is 1. The van der Waals surface area contributed by atoms with Crippen molar-refractivity contribution in [1.82, 2.24) is 4.98 Å². The Morgan fingerprint density at radius 1 is 0.765 bits per heavy atom. The van der Waals surface area contributed by atoms with Crippen molar-refractivity contribution in [3.05, 3.63) is 100 Å². The van der Waals surface area contributed by atoms with Gasteiger partial charge < -0.3 is 0 Å². The predicted molar refractivity (Wildman–Crippen MR) is 138 cm³/mol. The molecule has 0 atom stereocenters. The van der Waals surface area contributed by atoms with E-state index in [2.05, 4.69) is 24.0 Å². The number of benzene rings is 3. The van der Waals surface area contributed by atoms with Crippen LogP contribution in [0.25, 0.3) is 22.0 Å². The summed E-state index contributed by atoms with van der Waals surface area (Å²) in [7, 11) is 0. The van der Waals surface area contributed by atoms with Gasteiger partial charge in [0.25, 0.3) is 0 Å². The first-order valence-electron chi connectivity index (χ1n) is 12.2. The number of unbranched alkanes of at least 4 members (excludes halogenated alkanes) is 4. The number of halogens is 3. The van der Waals surface area contributed by atoms with Crippen LogP contribution in [0.3, 0.4) is 0 Å². The zero-order valence-electron chi connectivity index (χ0n) is 19.6. The van der Waals surface area contributed by atoms with Crippen molar-refractivity contribution in [3.63, 3.8) is 0 Å². The Kier molecular flexibility index (Phi) is 8.29. The monoisotopic (exact) mass is 477 g/mol. The summed E-state index contributed by atoms with van der Waals surface area (Å²) in [5.41, 5.74) is 4.55. The molecule has 0 saturated carbocycles. The average molecular weight is 478 g/mol.